The van der Waals surface area contributed by atoms with Crippen molar-refractivity contribution in [2.24, 2.45) is 42.9 Å². The van der Waals surface area contributed by atoms with Crippen LogP contribution in [0.2, 0.25) is 0 Å². The van der Waals surface area contributed by atoms with E-state index in [4.69, 9.17) is 22.9 Å². The lowest BCUT2D eigenvalue weighted by molar-refractivity contribution is 0.533. The number of hydrogen-bond donors (Lipinski definition) is 4. The lowest BCUT2D eigenvalue weighted by Gasteiger charge is -2.38. The third-order valence-corrected chi connectivity index (χ3v) is 7.38. The van der Waals surface area contributed by atoms with Crippen molar-refractivity contribution in [2.75, 3.05) is 9.80 Å². The number of anilines is 2. The van der Waals surface area contributed by atoms with Crippen molar-refractivity contribution in [1.29, 1.82) is 0 Å². The Bertz CT molecular complexity index is 1300. The largest absolute Gasteiger partial charge is 0.369 e. The second-order valence-corrected chi connectivity index (χ2v) is 11.0. The molecule has 2 heterocycles. The average molecular weight is 570 g/mol. The van der Waals surface area contributed by atoms with Crippen LogP contribution < -0.4 is 32.7 Å². The van der Waals surface area contributed by atoms with Gasteiger partial charge in [-0.2, -0.15) is 9.98 Å². The molecule has 0 fully saturated rings. The van der Waals surface area contributed by atoms with Gasteiger partial charge in [-0.3, -0.25) is 9.80 Å². The van der Waals surface area contributed by atoms with Gasteiger partial charge in [-0.1, -0.05) is 0 Å². The van der Waals surface area contributed by atoms with Crippen molar-refractivity contribution in [1.82, 2.24) is 0 Å². The van der Waals surface area contributed by atoms with Gasteiger partial charge in [0.1, 0.15) is 11.3 Å². The summed E-state index contributed by atoms with van der Waals surface area (Å²) in [5, 5.41) is 0. The van der Waals surface area contributed by atoms with Crippen molar-refractivity contribution in [3.05, 3.63) is 48.5 Å². The molecule has 0 aromatic heterocycles. The molecule has 0 aliphatic carbocycles. The van der Waals surface area contributed by atoms with Crippen LogP contribution in [0, 0.1) is 0 Å². The molecule has 0 atom stereocenters. The number of guanidine groups is 4. The highest BCUT2D eigenvalue weighted by Crippen LogP contribution is 2.32. The first-order valence-electron chi connectivity index (χ1n) is 10.7. The molecule has 0 amide bonds. The highest BCUT2D eigenvalue weighted by molar-refractivity contribution is 7.91. The number of halogens is 2. The Hall–Kier alpha value is -3.55. The Balaban J connectivity index is 0.00000241. The Labute approximate surface area is 228 Å². The maximum absolute atomic E-state index is 13.3. The molecule has 0 unspecified atom stereocenters. The lowest BCUT2D eigenvalue weighted by Crippen LogP contribution is -2.54. The van der Waals surface area contributed by atoms with Gasteiger partial charge in [0.15, 0.2) is 0 Å². The van der Waals surface area contributed by atoms with Crippen molar-refractivity contribution >= 4 is 69.9 Å². The van der Waals surface area contributed by atoms with Gasteiger partial charge >= 0.3 is 0 Å². The van der Waals surface area contributed by atoms with Gasteiger partial charge in [0, 0.05) is 11.4 Å². The molecule has 0 spiro atoms. The summed E-state index contributed by atoms with van der Waals surface area (Å²) in [4.78, 5) is 20.2. The number of nitrogens with zero attached hydrogens (tertiary/aromatic N) is 6. The molecule has 2 aromatic carbocycles. The van der Waals surface area contributed by atoms with E-state index < -0.39 is 21.2 Å². The van der Waals surface area contributed by atoms with Crippen LogP contribution in [0.25, 0.3) is 0 Å². The molecular formula is C22H30Cl2N10O2S. The van der Waals surface area contributed by atoms with Crippen LogP contribution in [-0.2, 0) is 9.84 Å². The van der Waals surface area contributed by atoms with Gasteiger partial charge in [0.25, 0.3) is 0 Å². The van der Waals surface area contributed by atoms with Crippen LogP contribution in [-0.4, -0.2) is 43.6 Å². The molecule has 2 aliphatic heterocycles. The summed E-state index contributed by atoms with van der Waals surface area (Å²) in [7, 11) is -3.79. The molecule has 37 heavy (non-hydrogen) atoms. The van der Waals surface area contributed by atoms with E-state index in [0.29, 0.717) is 11.4 Å². The van der Waals surface area contributed by atoms with E-state index in [2.05, 4.69) is 20.0 Å². The lowest BCUT2D eigenvalue weighted by atomic mass is 10.1. The second kappa shape index (κ2) is 10.1. The van der Waals surface area contributed by atoms with Gasteiger partial charge in [-0.25, -0.2) is 18.4 Å². The molecule has 8 N–H and O–H groups in total. The molecule has 200 valence electrons. The minimum atomic E-state index is -3.79. The SMILES string of the molecule is CC1(C)N=C(N)N=C(N)N1c1ccc(S(=O)(=O)c2ccc(N3C(N)=NC(N)=NC3(C)C)cc2)cc1.Cl.Cl. The monoisotopic (exact) mass is 568 g/mol. The van der Waals surface area contributed by atoms with Gasteiger partial charge in [-0.05, 0) is 76.2 Å². The van der Waals surface area contributed by atoms with Crippen LogP contribution in [0.15, 0.2) is 78.3 Å². The van der Waals surface area contributed by atoms with E-state index in [9.17, 15) is 8.42 Å². The molecule has 15 heteroatoms. The molecule has 2 aromatic rings. The minimum Gasteiger partial charge on any atom is -0.369 e. The smallest absolute Gasteiger partial charge is 0.220 e. The average Bonchev–Trinajstić information content (AvgIpc) is 2.71. The number of benzene rings is 2. The first-order chi connectivity index (χ1) is 16.2. The van der Waals surface area contributed by atoms with Gasteiger partial charge in [-0.15, -0.1) is 24.8 Å². The highest BCUT2D eigenvalue weighted by Gasteiger charge is 2.34. The van der Waals surface area contributed by atoms with Crippen molar-refractivity contribution in [2.45, 2.75) is 48.8 Å². The summed E-state index contributed by atoms with van der Waals surface area (Å²) in [6.07, 6.45) is 0. The highest BCUT2D eigenvalue weighted by atomic mass is 35.5. The Kier molecular flexibility index (Phi) is 8.08. The molecule has 12 nitrogen and oxygen atoms in total. The van der Waals surface area contributed by atoms with E-state index in [1.54, 1.807) is 34.1 Å². The summed E-state index contributed by atoms with van der Waals surface area (Å²) in [6, 6.07) is 12.7. The minimum absolute atomic E-state index is 0. The molecule has 0 radical (unpaired) electrons. The molecule has 0 saturated carbocycles. The number of aliphatic imine (C=N–C) groups is 4. The number of hydrogen-bond acceptors (Lipinski definition) is 12. The number of rotatable bonds is 4. The van der Waals surface area contributed by atoms with E-state index >= 15 is 0 Å². The summed E-state index contributed by atoms with van der Waals surface area (Å²) < 4.78 is 26.6. The molecular weight excluding hydrogens is 539 g/mol. The van der Waals surface area contributed by atoms with Crippen molar-refractivity contribution < 1.29 is 8.42 Å². The number of nitrogens with two attached hydrogens (primary N) is 4. The van der Waals surface area contributed by atoms with Gasteiger partial charge in [0.2, 0.25) is 33.7 Å². The van der Waals surface area contributed by atoms with E-state index in [0.717, 1.165) is 0 Å². The second-order valence-electron chi connectivity index (χ2n) is 9.03. The quantitative estimate of drug-likeness (QED) is 0.427. The molecule has 0 saturated heterocycles. The molecule has 4 rings (SSSR count). The van der Waals surface area contributed by atoms with Crippen LogP contribution in [0.5, 0.6) is 0 Å². The van der Waals surface area contributed by atoms with Gasteiger partial charge in [0.05, 0.1) is 9.79 Å². The van der Waals surface area contributed by atoms with E-state index in [1.165, 1.54) is 24.3 Å². The predicted molar refractivity (Wildman–Crippen MR) is 152 cm³/mol. The maximum Gasteiger partial charge on any atom is 0.220 e. The van der Waals surface area contributed by atoms with Crippen LogP contribution in [0.3, 0.4) is 0 Å². The fraction of sp³-hybridized carbons (Fsp3) is 0.273. The zero-order valence-electron chi connectivity index (χ0n) is 20.7. The molecule has 0 bridgehead atoms. The normalized spacial score (nSPS) is 18.4. The van der Waals surface area contributed by atoms with Crippen molar-refractivity contribution in [3.63, 3.8) is 0 Å². The third-order valence-electron chi connectivity index (χ3n) is 5.60. The first-order valence-corrected chi connectivity index (χ1v) is 12.2. The summed E-state index contributed by atoms with van der Waals surface area (Å²) in [5.41, 5.74) is 23.3. The van der Waals surface area contributed by atoms with Crippen molar-refractivity contribution in [3.8, 4) is 0 Å². The third kappa shape index (κ3) is 5.43. The fourth-order valence-electron chi connectivity index (χ4n) is 4.19. The van der Waals surface area contributed by atoms with Gasteiger partial charge < -0.3 is 22.9 Å². The maximum atomic E-state index is 13.3. The predicted octanol–water partition coefficient (Wildman–Crippen LogP) is 1.73. The van der Waals surface area contributed by atoms with E-state index in [-0.39, 0.29) is 58.4 Å². The first kappa shape index (κ1) is 29.7. The molecule has 2 aliphatic rings. The van der Waals surface area contributed by atoms with Crippen LogP contribution in [0.4, 0.5) is 11.4 Å². The Morgan fingerprint density at radius 3 is 1.19 bits per heavy atom. The Morgan fingerprint density at radius 2 is 0.919 bits per heavy atom. The summed E-state index contributed by atoms with van der Waals surface area (Å²) in [5.74, 6) is 0.511. The standard InChI is InChI=1S/C22H28N10O2S.2ClH/c1-21(2)29-17(23)27-19(25)31(21)13-5-9-15(10-6-13)35(33,34)16-11-7-14(8-12-16)32-20(26)28-18(24)30-22(32,3)4;;/h5-12H,1-4H3,(H4,23,25,27,29)(H4,24,26,28,30);2*1H. The summed E-state index contributed by atoms with van der Waals surface area (Å²) in [6.45, 7) is 7.31. The van der Waals surface area contributed by atoms with E-state index in [1.807, 2.05) is 27.7 Å². The Morgan fingerprint density at radius 1 is 0.622 bits per heavy atom. The number of sulfone groups is 1. The summed E-state index contributed by atoms with van der Waals surface area (Å²) >= 11 is 0. The zero-order valence-corrected chi connectivity index (χ0v) is 23.1. The topological polar surface area (TPSA) is 194 Å². The zero-order chi connectivity index (χ0) is 25.8. The fourth-order valence-corrected chi connectivity index (χ4v) is 5.45. The van der Waals surface area contributed by atoms with Crippen LogP contribution >= 0.6 is 24.8 Å². The van der Waals surface area contributed by atoms with Crippen LogP contribution in [0.1, 0.15) is 27.7 Å².